The van der Waals surface area contributed by atoms with Crippen molar-refractivity contribution in [2.45, 2.75) is 38.6 Å². The van der Waals surface area contributed by atoms with E-state index in [1.807, 2.05) is 0 Å². The molecule has 1 aromatic heterocycles. The van der Waals surface area contributed by atoms with Gasteiger partial charge < -0.3 is 5.32 Å². The lowest BCUT2D eigenvalue weighted by Crippen LogP contribution is -2.37. The molecule has 3 nitrogen and oxygen atoms in total. The van der Waals surface area contributed by atoms with E-state index in [1.165, 1.54) is 12.8 Å². The van der Waals surface area contributed by atoms with Gasteiger partial charge in [-0.2, -0.15) is 0 Å². The number of hydrogen-bond donors (Lipinski definition) is 1. The molecule has 0 bridgehead atoms. The second-order valence-electron chi connectivity index (χ2n) is 4.77. The highest BCUT2D eigenvalue weighted by atomic mass is 35.5. The molecule has 1 N–H and O–H groups in total. The Morgan fingerprint density at radius 3 is 2.76 bits per heavy atom. The van der Waals surface area contributed by atoms with Crippen molar-refractivity contribution in [1.82, 2.24) is 10.3 Å². The minimum absolute atomic E-state index is 0.109. The number of carbonyl (C=O) groups excluding carboxylic acids is 1. The van der Waals surface area contributed by atoms with E-state index in [4.69, 9.17) is 11.6 Å². The molecule has 1 aliphatic rings. The fourth-order valence-corrected chi connectivity index (χ4v) is 2.43. The van der Waals surface area contributed by atoms with Crippen LogP contribution < -0.4 is 5.32 Å². The van der Waals surface area contributed by atoms with Gasteiger partial charge in [0.25, 0.3) is 5.91 Å². The number of amides is 1. The third kappa shape index (κ3) is 3.19. The number of carbonyl (C=O) groups is 1. The lowest BCUT2D eigenvalue weighted by atomic mass is 9.87. The fourth-order valence-electron chi connectivity index (χ4n) is 2.22. The number of rotatable bonds is 2. The van der Waals surface area contributed by atoms with Gasteiger partial charge in [0.05, 0.1) is 5.56 Å². The lowest BCUT2D eigenvalue weighted by molar-refractivity contribution is 0.0923. The molecule has 0 unspecified atom stereocenters. The van der Waals surface area contributed by atoms with E-state index in [0.717, 1.165) is 18.8 Å². The maximum Gasteiger partial charge on any atom is 0.254 e. The van der Waals surface area contributed by atoms with E-state index >= 15 is 0 Å². The molecule has 0 atom stereocenters. The minimum Gasteiger partial charge on any atom is -0.349 e. The molecule has 0 spiro atoms. The Hall–Kier alpha value is -1.09. The average Bonchev–Trinajstić information content (AvgIpc) is 2.32. The van der Waals surface area contributed by atoms with Crippen molar-refractivity contribution in [1.29, 1.82) is 0 Å². The highest BCUT2D eigenvalue weighted by molar-refractivity contribution is 6.32. The zero-order valence-corrected chi connectivity index (χ0v) is 10.7. The molecule has 0 aliphatic heterocycles. The molecule has 1 aliphatic carbocycles. The third-order valence-electron chi connectivity index (χ3n) is 3.35. The van der Waals surface area contributed by atoms with Crippen molar-refractivity contribution in [3.8, 4) is 0 Å². The molecule has 2 rings (SSSR count). The number of halogens is 1. The average molecular weight is 253 g/mol. The normalized spacial score (nSPS) is 24.4. The van der Waals surface area contributed by atoms with Crippen molar-refractivity contribution >= 4 is 17.5 Å². The van der Waals surface area contributed by atoms with Gasteiger partial charge in [0.1, 0.15) is 5.15 Å². The molecule has 92 valence electrons. The molecule has 0 saturated heterocycles. The van der Waals surface area contributed by atoms with Crippen molar-refractivity contribution in [3.05, 3.63) is 29.0 Å². The van der Waals surface area contributed by atoms with Gasteiger partial charge in [-0.05, 0) is 43.7 Å². The standard InChI is InChI=1S/C13H17ClN2O/c1-9-4-6-10(7-5-9)16-13(17)11-3-2-8-15-12(11)14/h2-3,8-10H,4-7H2,1H3,(H,16,17). The zero-order chi connectivity index (χ0) is 12.3. The lowest BCUT2D eigenvalue weighted by Gasteiger charge is -2.26. The van der Waals surface area contributed by atoms with E-state index in [1.54, 1.807) is 18.3 Å². The summed E-state index contributed by atoms with van der Waals surface area (Å²) in [6.45, 7) is 2.26. The Morgan fingerprint density at radius 1 is 1.41 bits per heavy atom. The highest BCUT2D eigenvalue weighted by Crippen LogP contribution is 2.24. The summed E-state index contributed by atoms with van der Waals surface area (Å²) in [6.07, 6.45) is 6.08. The maximum atomic E-state index is 12.0. The first-order valence-electron chi connectivity index (χ1n) is 6.08. The number of nitrogens with one attached hydrogen (secondary N) is 1. The van der Waals surface area contributed by atoms with Gasteiger partial charge in [0.15, 0.2) is 0 Å². The van der Waals surface area contributed by atoms with Crippen molar-refractivity contribution in [2.75, 3.05) is 0 Å². The Bertz CT molecular complexity index is 400. The summed E-state index contributed by atoms with van der Waals surface area (Å²) in [5.74, 6) is 0.674. The molecule has 1 aromatic rings. The summed E-state index contributed by atoms with van der Waals surface area (Å²) in [5.41, 5.74) is 0.466. The first kappa shape index (κ1) is 12.4. The van der Waals surface area contributed by atoms with E-state index in [9.17, 15) is 4.79 Å². The molecule has 4 heteroatoms. The highest BCUT2D eigenvalue weighted by Gasteiger charge is 2.21. The molecule has 0 aromatic carbocycles. The first-order valence-corrected chi connectivity index (χ1v) is 6.46. The third-order valence-corrected chi connectivity index (χ3v) is 3.66. The van der Waals surface area contributed by atoms with Crippen LogP contribution >= 0.6 is 11.6 Å². The van der Waals surface area contributed by atoms with Crippen LogP contribution in [-0.2, 0) is 0 Å². The van der Waals surface area contributed by atoms with E-state index < -0.39 is 0 Å². The summed E-state index contributed by atoms with van der Waals surface area (Å²) in [6, 6.07) is 3.72. The largest absolute Gasteiger partial charge is 0.349 e. The zero-order valence-electron chi connectivity index (χ0n) is 9.95. The second-order valence-corrected chi connectivity index (χ2v) is 5.13. The Kier molecular flexibility index (Phi) is 4.00. The van der Waals surface area contributed by atoms with Gasteiger partial charge in [0, 0.05) is 12.2 Å². The van der Waals surface area contributed by atoms with Crippen LogP contribution in [0.3, 0.4) is 0 Å². The molecule has 0 radical (unpaired) electrons. The number of aromatic nitrogens is 1. The van der Waals surface area contributed by atoms with Crippen LogP contribution in [0.15, 0.2) is 18.3 Å². The van der Waals surface area contributed by atoms with Crippen LogP contribution in [0, 0.1) is 5.92 Å². The SMILES string of the molecule is CC1CCC(NC(=O)c2cccnc2Cl)CC1. The van der Waals surface area contributed by atoms with Crippen LogP contribution in [-0.4, -0.2) is 16.9 Å². The fraction of sp³-hybridized carbons (Fsp3) is 0.538. The predicted molar refractivity (Wildman–Crippen MR) is 68.1 cm³/mol. The van der Waals surface area contributed by atoms with Gasteiger partial charge in [-0.15, -0.1) is 0 Å². The summed E-state index contributed by atoms with van der Waals surface area (Å²) in [7, 11) is 0. The predicted octanol–water partition coefficient (Wildman–Crippen LogP) is 3.04. The molecule has 1 amide bonds. The molecular weight excluding hydrogens is 236 g/mol. The van der Waals surface area contributed by atoms with Crippen LogP contribution in [0.1, 0.15) is 43.0 Å². The molecule has 17 heavy (non-hydrogen) atoms. The van der Waals surface area contributed by atoms with Crippen molar-refractivity contribution in [2.24, 2.45) is 5.92 Å². The Balaban J connectivity index is 1.96. The van der Waals surface area contributed by atoms with Crippen molar-refractivity contribution < 1.29 is 4.79 Å². The monoisotopic (exact) mass is 252 g/mol. The van der Waals surface area contributed by atoms with E-state index in [2.05, 4.69) is 17.2 Å². The topological polar surface area (TPSA) is 42.0 Å². The maximum absolute atomic E-state index is 12.0. The summed E-state index contributed by atoms with van der Waals surface area (Å²) >= 11 is 5.89. The Labute approximate surface area is 107 Å². The van der Waals surface area contributed by atoms with Crippen LogP contribution in [0.5, 0.6) is 0 Å². The number of nitrogens with zero attached hydrogens (tertiary/aromatic N) is 1. The second kappa shape index (κ2) is 5.50. The summed E-state index contributed by atoms with van der Waals surface area (Å²) in [5, 5.41) is 3.31. The van der Waals surface area contributed by atoms with Crippen LogP contribution in [0.4, 0.5) is 0 Å². The van der Waals surface area contributed by atoms with Crippen LogP contribution in [0.2, 0.25) is 5.15 Å². The molecule has 1 fully saturated rings. The smallest absolute Gasteiger partial charge is 0.254 e. The summed E-state index contributed by atoms with van der Waals surface area (Å²) in [4.78, 5) is 15.9. The molecule has 1 heterocycles. The van der Waals surface area contributed by atoms with Gasteiger partial charge >= 0.3 is 0 Å². The van der Waals surface area contributed by atoms with Gasteiger partial charge in [-0.25, -0.2) is 4.98 Å². The molecular formula is C13H17ClN2O. The van der Waals surface area contributed by atoms with Gasteiger partial charge in [0.2, 0.25) is 0 Å². The Morgan fingerprint density at radius 2 is 2.12 bits per heavy atom. The number of hydrogen-bond acceptors (Lipinski definition) is 2. The molecule has 1 saturated carbocycles. The number of pyridine rings is 1. The van der Waals surface area contributed by atoms with E-state index in [0.29, 0.717) is 5.56 Å². The first-order chi connectivity index (χ1) is 8.16. The quantitative estimate of drug-likeness (QED) is 0.822. The van der Waals surface area contributed by atoms with Crippen molar-refractivity contribution in [3.63, 3.8) is 0 Å². The van der Waals surface area contributed by atoms with E-state index in [-0.39, 0.29) is 17.1 Å². The van der Waals surface area contributed by atoms with Gasteiger partial charge in [-0.1, -0.05) is 18.5 Å². The summed E-state index contributed by atoms with van der Waals surface area (Å²) < 4.78 is 0. The minimum atomic E-state index is -0.109. The van der Waals surface area contributed by atoms with Gasteiger partial charge in [-0.3, -0.25) is 4.79 Å². The van der Waals surface area contributed by atoms with Crippen LogP contribution in [0.25, 0.3) is 0 Å².